The zero-order valence-corrected chi connectivity index (χ0v) is 12.8. The van der Waals surface area contributed by atoms with Crippen molar-refractivity contribution >= 4 is 0 Å². The van der Waals surface area contributed by atoms with Gasteiger partial charge in [-0.25, -0.2) is 0 Å². The van der Waals surface area contributed by atoms with Crippen LogP contribution in [0, 0.1) is 11.8 Å². The molecule has 0 aliphatic heterocycles. The molecule has 2 fully saturated rings. The van der Waals surface area contributed by atoms with E-state index in [1.807, 2.05) is 6.20 Å². The van der Waals surface area contributed by atoms with Crippen LogP contribution in [0.25, 0.3) is 0 Å². The van der Waals surface area contributed by atoms with E-state index in [9.17, 15) is 0 Å². The molecule has 1 heterocycles. The van der Waals surface area contributed by atoms with Crippen molar-refractivity contribution in [3.63, 3.8) is 0 Å². The molecule has 1 aromatic rings. The summed E-state index contributed by atoms with van der Waals surface area (Å²) in [5, 5.41) is 0. The lowest BCUT2D eigenvalue weighted by Crippen LogP contribution is -2.21. The molecule has 2 unspecified atom stereocenters. The molecular weight excluding hydrogens is 242 g/mol. The van der Waals surface area contributed by atoms with Crippen LogP contribution in [0.2, 0.25) is 0 Å². The second kappa shape index (κ2) is 7.24. The molecule has 3 rings (SSSR count). The first kappa shape index (κ1) is 14.1. The maximum atomic E-state index is 4.39. The fourth-order valence-electron chi connectivity index (χ4n) is 4.65. The minimum absolute atomic E-state index is 0.786. The second-order valence-corrected chi connectivity index (χ2v) is 6.95. The molecule has 1 aromatic heterocycles. The predicted octanol–water partition coefficient (Wildman–Crippen LogP) is 5.72. The molecule has 0 radical (unpaired) electrons. The Labute approximate surface area is 124 Å². The molecule has 1 heteroatoms. The molecule has 0 spiro atoms. The summed E-state index contributed by atoms with van der Waals surface area (Å²) < 4.78 is 0. The Morgan fingerprint density at radius 3 is 2.25 bits per heavy atom. The number of hydrogen-bond donors (Lipinski definition) is 0. The van der Waals surface area contributed by atoms with Crippen LogP contribution in [0.3, 0.4) is 0 Å². The Morgan fingerprint density at radius 2 is 1.50 bits per heavy atom. The van der Waals surface area contributed by atoms with Crippen molar-refractivity contribution in [1.29, 1.82) is 0 Å². The SMILES string of the molecule is c1cncc(C2CCCCCC2C2CCCCCC2)c1. The first-order valence-electron chi connectivity index (χ1n) is 8.85. The molecule has 0 amide bonds. The van der Waals surface area contributed by atoms with Crippen LogP contribution >= 0.6 is 0 Å². The fourth-order valence-corrected chi connectivity index (χ4v) is 4.65. The molecular formula is C19H29N. The molecule has 110 valence electrons. The third-order valence-electron chi connectivity index (χ3n) is 5.69. The molecule has 0 saturated heterocycles. The lowest BCUT2D eigenvalue weighted by molar-refractivity contribution is 0.239. The lowest BCUT2D eigenvalue weighted by atomic mass is 9.73. The van der Waals surface area contributed by atoms with Crippen LogP contribution in [-0.2, 0) is 0 Å². The van der Waals surface area contributed by atoms with E-state index in [2.05, 4.69) is 23.3 Å². The number of nitrogens with zero attached hydrogens (tertiary/aromatic N) is 1. The molecule has 2 aliphatic carbocycles. The van der Waals surface area contributed by atoms with Gasteiger partial charge in [0.15, 0.2) is 0 Å². The largest absolute Gasteiger partial charge is 0.264 e. The number of pyridine rings is 1. The zero-order chi connectivity index (χ0) is 13.6. The average Bonchev–Trinajstić information content (AvgIpc) is 2.90. The molecule has 2 aliphatic rings. The summed E-state index contributed by atoms with van der Waals surface area (Å²) in [6.07, 6.45) is 20.1. The van der Waals surface area contributed by atoms with Crippen LogP contribution in [0.4, 0.5) is 0 Å². The van der Waals surface area contributed by atoms with E-state index in [0.717, 1.165) is 17.8 Å². The lowest BCUT2D eigenvalue weighted by Gasteiger charge is -2.32. The van der Waals surface area contributed by atoms with E-state index in [1.165, 1.54) is 76.2 Å². The Bertz CT molecular complexity index is 378. The van der Waals surface area contributed by atoms with Crippen LogP contribution in [-0.4, -0.2) is 4.98 Å². The van der Waals surface area contributed by atoms with Crippen molar-refractivity contribution in [3.8, 4) is 0 Å². The first-order valence-corrected chi connectivity index (χ1v) is 8.85. The summed E-state index contributed by atoms with van der Waals surface area (Å²) in [6, 6.07) is 4.46. The molecule has 0 aromatic carbocycles. The van der Waals surface area contributed by atoms with Crippen LogP contribution in [0.15, 0.2) is 24.5 Å². The van der Waals surface area contributed by atoms with Crippen molar-refractivity contribution in [2.75, 3.05) is 0 Å². The van der Waals surface area contributed by atoms with Crippen molar-refractivity contribution in [2.45, 2.75) is 76.5 Å². The van der Waals surface area contributed by atoms with Crippen LogP contribution in [0.5, 0.6) is 0 Å². The highest BCUT2D eigenvalue weighted by Crippen LogP contribution is 2.44. The van der Waals surface area contributed by atoms with E-state index < -0.39 is 0 Å². The molecule has 20 heavy (non-hydrogen) atoms. The van der Waals surface area contributed by atoms with Crippen LogP contribution < -0.4 is 0 Å². The van der Waals surface area contributed by atoms with E-state index in [4.69, 9.17) is 0 Å². The highest BCUT2D eigenvalue weighted by Gasteiger charge is 2.31. The summed E-state index contributed by atoms with van der Waals surface area (Å²) in [4.78, 5) is 4.39. The highest BCUT2D eigenvalue weighted by molar-refractivity contribution is 5.16. The van der Waals surface area contributed by atoms with Gasteiger partial charge in [-0.3, -0.25) is 4.98 Å². The maximum Gasteiger partial charge on any atom is 0.0302 e. The normalized spacial score (nSPS) is 29.6. The molecule has 0 bridgehead atoms. The van der Waals surface area contributed by atoms with Gasteiger partial charge in [-0.1, -0.05) is 63.9 Å². The van der Waals surface area contributed by atoms with Gasteiger partial charge in [0.1, 0.15) is 0 Å². The Hall–Kier alpha value is -0.850. The van der Waals surface area contributed by atoms with Gasteiger partial charge >= 0.3 is 0 Å². The van der Waals surface area contributed by atoms with Gasteiger partial charge in [0.05, 0.1) is 0 Å². The predicted molar refractivity (Wildman–Crippen MR) is 84.7 cm³/mol. The zero-order valence-electron chi connectivity index (χ0n) is 12.8. The topological polar surface area (TPSA) is 12.9 Å². The molecule has 2 saturated carbocycles. The molecule has 1 nitrogen and oxygen atoms in total. The standard InChI is InChI=1S/C19H29N/c1-2-5-10-16(9-4-1)18-12-6-3-7-13-19(18)17-11-8-14-20-15-17/h8,11,14-16,18-19H,1-7,9-10,12-13H2. The molecule has 2 atom stereocenters. The second-order valence-electron chi connectivity index (χ2n) is 6.95. The maximum absolute atomic E-state index is 4.39. The summed E-state index contributed by atoms with van der Waals surface area (Å²) in [5.74, 6) is 2.70. The minimum Gasteiger partial charge on any atom is -0.264 e. The van der Waals surface area contributed by atoms with Crippen molar-refractivity contribution < 1.29 is 0 Å². The Balaban J connectivity index is 1.79. The van der Waals surface area contributed by atoms with Crippen molar-refractivity contribution in [2.24, 2.45) is 11.8 Å². The quantitative estimate of drug-likeness (QED) is 0.627. The summed E-state index contributed by atoms with van der Waals surface area (Å²) >= 11 is 0. The van der Waals surface area contributed by atoms with Gasteiger partial charge in [0.2, 0.25) is 0 Å². The van der Waals surface area contributed by atoms with E-state index >= 15 is 0 Å². The van der Waals surface area contributed by atoms with Gasteiger partial charge in [-0.15, -0.1) is 0 Å². The average molecular weight is 271 g/mol. The van der Waals surface area contributed by atoms with Crippen molar-refractivity contribution in [1.82, 2.24) is 4.98 Å². The Morgan fingerprint density at radius 1 is 0.800 bits per heavy atom. The third-order valence-corrected chi connectivity index (χ3v) is 5.69. The van der Waals surface area contributed by atoms with Gasteiger partial charge < -0.3 is 0 Å². The monoisotopic (exact) mass is 271 g/mol. The van der Waals surface area contributed by atoms with Gasteiger partial charge in [0, 0.05) is 12.4 Å². The van der Waals surface area contributed by atoms with Crippen LogP contribution in [0.1, 0.15) is 82.1 Å². The summed E-state index contributed by atoms with van der Waals surface area (Å²) in [5.41, 5.74) is 1.52. The number of aromatic nitrogens is 1. The smallest absolute Gasteiger partial charge is 0.0302 e. The van der Waals surface area contributed by atoms with E-state index in [1.54, 1.807) is 0 Å². The third kappa shape index (κ3) is 3.42. The number of rotatable bonds is 2. The van der Waals surface area contributed by atoms with Gasteiger partial charge in [0.25, 0.3) is 0 Å². The summed E-state index contributed by atoms with van der Waals surface area (Å²) in [6.45, 7) is 0. The summed E-state index contributed by atoms with van der Waals surface area (Å²) in [7, 11) is 0. The van der Waals surface area contributed by atoms with E-state index in [0.29, 0.717) is 0 Å². The highest BCUT2D eigenvalue weighted by atomic mass is 14.6. The van der Waals surface area contributed by atoms with Crippen molar-refractivity contribution in [3.05, 3.63) is 30.1 Å². The van der Waals surface area contributed by atoms with E-state index in [-0.39, 0.29) is 0 Å². The number of hydrogen-bond acceptors (Lipinski definition) is 1. The van der Waals surface area contributed by atoms with Gasteiger partial charge in [-0.05, 0) is 42.2 Å². The van der Waals surface area contributed by atoms with Gasteiger partial charge in [-0.2, -0.15) is 0 Å². The minimum atomic E-state index is 0.786. The first-order chi connectivity index (χ1) is 9.95. The Kier molecular flexibility index (Phi) is 5.11. The fraction of sp³-hybridized carbons (Fsp3) is 0.737. The molecule has 0 N–H and O–H groups in total.